The summed E-state index contributed by atoms with van der Waals surface area (Å²) in [5, 5.41) is 2.07. The lowest BCUT2D eigenvalue weighted by atomic mass is 10.1. The van der Waals surface area contributed by atoms with E-state index in [0.717, 1.165) is 42.0 Å². The molecular formula is C24H26N2O3S. The summed E-state index contributed by atoms with van der Waals surface area (Å²) >= 11 is 1.69. The third kappa shape index (κ3) is 3.55. The van der Waals surface area contributed by atoms with Crippen molar-refractivity contribution in [3.63, 3.8) is 0 Å². The van der Waals surface area contributed by atoms with Crippen molar-refractivity contribution in [3.8, 4) is 21.9 Å². The van der Waals surface area contributed by atoms with E-state index in [0.29, 0.717) is 24.7 Å². The summed E-state index contributed by atoms with van der Waals surface area (Å²) < 4.78 is 11.6. The Bertz CT molecular complexity index is 1030. The van der Waals surface area contributed by atoms with Gasteiger partial charge in [-0.3, -0.25) is 9.69 Å². The van der Waals surface area contributed by atoms with Gasteiger partial charge in [0.05, 0.1) is 13.7 Å². The molecule has 30 heavy (non-hydrogen) atoms. The number of methoxy groups -OCH3 is 1. The summed E-state index contributed by atoms with van der Waals surface area (Å²) in [7, 11) is 1.65. The molecule has 0 unspecified atom stereocenters. The number of fused-ring (bicyclic) bond motifs is 3. The van der Waals surface area contributed by atoms with Crippen molar-refractivity contribution < 1.29 is 14.3 Å². The van der Waals surface area contributed by atoms with Crippen LogP contribution in [0.4, 0.5) is 5.69 Å². The summed E-state index contributed by atoms with van der Waals surface area (Å²) in [5.74, 6) is 1.44. The molecule has 1 saturated heterocycles. The second-order valence-electron chi connectivity index (χ2n) is 7.91. The van der Waals surface area contributed by atoms with Crippen LogP contribution < -0.4 is 14.4 Å². The fourth-order valence-corrected chi connectivity index (χ4v) is 5.34. The molecule has 0 saturated carbocycles. The quantitative estimate of drug-likeness (QED) is 0.567. The van der Waals surface area contributed by atoms with Crippen molar-refractivity contribution in [2.45, 2.75) is 25.8 Å². The topological polar surface area (TPSA) is 42.0 Å². The number of hydrogen-bond acceptors (Lipinski definition) is 5. The van der Waals surface area contributed by atoms with E-state index >= 15 is 0 Å². The van der Waals surface area contributed by atoms with Crippen LogP contribution in [0.3, 0.4) is 0 Å². The summed E-state index contributed by atoms with van der Waals surface area (Å²) in [4.78, 5) is 18.6. The Labute approximate surface area is 181 Å². The van der Waals surface area contributed by atoms with Crippen molar-refractivity contribution in [1.29, 1.82) is 0 Å². The van der Waals surface area contributed by atoms with Gasteiger partial charge in [-0.25, -0.2) is 0 Å². The number of nitrogens with zero attached hydrogens (tertiary/aromatic N) is 2. The van der Waals surface area contributed by atoms with Crippen molar-refractivity contribution in [2.75, 3.05) is 38.3 Å². The normalized spacial score (nSPS) is 16.8. The standard InChI is InChI=1S/C24H26N2O3S/c1-28-21-8-7-18(15-22(21)29-12-11-25-9-3-2-4-10-25)26-16-20-19(24(26)27)14-17-6-5-13-30-23(17)20/h5-8,13-15H,2-4,9-12,16H2,1H3. The summed E-state index contributed by atoms with van der Waals surface area (Å²) in [6.07, 6.45) is 3.88. The number of benzene rings is 1. The zero-order chi connectivity index (χ0) is 20.5. The fourth-order valence-electron chi connectivity index (χ4n) is 4.46. The van der Waals surface area contributed by atoms with Gasteiger partial charge in [0.2, 0.25) is 0 Å². The van der Waals surface area contributed by atoms with Crippen LogP contribution in [0.1, 0.15) is 35.2 Å². The predicted molar refractivity (Wildman–Crippen MR) is 120 cm³/mol. The van der Waals surface area contributed by atoms with Crippen LogP contribution in [0.15, 0.2) is 41.8 Å². The van der Waals surface area contributed by atoms with Gasteiger partial charge in [0, 0.05) is 34.3 Å². The Kier molecular flexibility index (Phi) is 5.35. The largest absolute Gasteiger partial charge is 0.493 e. The van der Waals surface area contributed by atoms with Crippen LogP contribution in [0.5, 0.6) is 11.5 Å². The third-order valence-corrected chi connectivity index (χ3v) is 7.08. The van der Waals surface area contributed by atoms with Crippen molar-refractivity contribution in [1.82, 2.24) is 4.90 Å². The molecule has 0 radical (unpaired) electrons. The summed E-state index contributed by atoms with van der Waals surface area (Å²) in [6.45, 7) is 4.43. The van der Waals surface area contributed by atoms with Gasteiger partial charge in [0.15, 0.2) is 11.5 Å². The van der Waals surface area contributed by atoms with E-state index in [4.69, 9.17) is 9.47 Å². The highest BCUT2D eigenvalue weighted by atomic mass is 32.1. The maximum Gasteiger partial charge on any atom is 0.259 e. The van der Waals surface area contributed by atoms with Gasteiger partial charge in [-0.15, -0.1) is 11.3 Å². The smallest absolute Gasteiger partial charge is 0.259 e. The number of piperidine rings is 1. The van der Waals surface area contributed by atoms with Gasteiger partial charge < -0.3 is 14.4 Å². The van der Waals surface area contributed by atoms with Gasteiger partial charge in [0.25, 0.3) is 5.91 Å². The number of ether oxygens (including phenoxy) is 2. The molecule has 1 aromatic carbocycles. The number of anilines is 1. The van der Waals surface area contributed by atoms with Crippen molar-refractivity contribution >= 4 is 22.9 Å². The first kappa shape index (κ1) is 19.4. The van der Waals surface area contributed by atoms with Crippen molar-refractivity contribution in [2.24, 2.45) is 0 Å². The Balaban J connectivity index is 1.34. The second kappa shape index (κ2) is 8.28. The molecule has 156 valence electrons. The lowest BCUT2D eigenvalue weighted by Crippen LogP contribution is -2.33. The van der Waals surface area contributed by atoms with Gasteiger partial charge in [-0.2, -0.15) is 0 Å². The zero-order valence-corrected chi connectivity index (χ0v) is 18.0. The number of carbonyl (C=O) groups is 1. The molecular weight excluding hydrogens is 396 g/mol. The van der Waals surface area contributed by atoms with Gasteiger partial charge in [0.1, 0.15) is 6.61 Å². The molecule has 1 aromatic rings. The predicted octanol–water partition coefficient (Wildman–Crippen LogP) is 4.89. The number of likely N-dealkylation sites (tertiary alicyclic amines) is 1. The lowest BCUT2D eigenvalue weighted by Gasteiger charge is -2.26. The van der Waals surface area contributed by atoms with Crippen LogP contribution in [-0.2, 0) is 6.54 Å². The Morgan fingerprint density at radius 1 is 1.07 bits per heavy atom. The number of hydrogen-bond donors (Lipinski definition) is 0. The highest BCUT2D eigenvalue weighted by Crippen LogP contribution is 2.42. The Morgan fingerprint density at radius 2 is 1.93 bits per heavy atom. The first-order valence-electron chi connectivity index (χ1n) is 10.6. The van der Waals surface area contributed by atoms with Crippen LogP contribution in [-0.4, -0.2) is 44.2 Å². The first-order valence-corrected chi connectivity index (χ1v) is 11.5. The zero-order valence-electron chi connectivity index (χ0n) is 17.2. The van der Waals surface area contributed by atoms with E-state index in [1.165, 1.54) is 24.1 Å². The molecule has 3 heterocycles. The third-order valence-electron chi connectivity index (χ3n) is 6.07. The first-order chi connectivity index (χ1) is 14.7. The maximum atomic E-state index is 13.1. The molecule has 5 rings (SSSR count). The number of carbonyl (C=O) groups excluding carboxylic acids is 1. The van der Waals surface area contributed by atoms with Gasteiger partial charge in [-0.05, 0) is 55.1 Å². The molecule has 0 bridgehead atoms. The van der Waals surface area contributed by atoms with E-state index in [1.807, 2.05) is 35.2 Å². The molecule has 1 fully saturated rings. The minimum atomic E-state index is 0.0535. The van der Waals surface area contributed by atoms with Crippen LogP contribution in [0, 0.1) is 0 Å². The minimum Gasteiger partial charge on any atom is -0.493 e. The molecule has 0 atom stereocenters. The summed E-state index contributed by atoms with van der Waals surface area (Å²) in [6, 6.07) is 11.9. The molecule has 0 spiro atoms. The van der Waals surface area contributed by atoms with Crippen LogP contribution in [0.2, 0.25) is 0 Å². The number of rotatable bonds is 6. The Hall–Kier alpha value is -2.57. The average Bonchev–Trinajstić information content (AvgIpc) is 3.31. The highest BCUT2D eigenvalue weighted by Gasteiger charge is 2.33. The second-order valence-corrected chi connectivity index (χ2v) is 8.83. The van der Waals surface area contributed by atoms with Crippen LogP contribution in [0.25, 0.3) is 10.4 Å². The van der Waals surface area contributed by atoms with E-state index in [2.05, 4.69) is 16.3 Å². The van der Waals surface area contributed by atoms with E-state index < -0.39 is 0 Å². The highest BCUT2D eigenvalue weighted by molar-refractivity contribution is 7.13. The van der Waals surface area contributed by atoms with Gasteiger partial charge >= 0.3 is 0 Å². The molecule has 4 aliphatic rings. The number of amides is 1. The van der Waals surface area contributed by atoms with E-state index in [1.54, 1.807) is 18.4 Å². The average molecular weight is 423 g/mol. The van der Waals surface area contributed by atoms with Crippen molar-refractivity contribution in [3.05, 3.63) is 52.9 Å². The Morgan fingerprint density at radius 3 is 2.77 bits per heavy atom. The molecule has 3 aliphatic heterocycles. The van der Waals surface area contributed by atoms with Crippen LogP contribution >= 0.6 is 11.3 Å². The lowest BCUT2D eigenvalue weighted by molar-refractivity contribution is 0.0996. The minimum absolute atomic E-state index is 0.0535. The van der Waals surface area contributed by atoms with Gasteiger partial charge in [-0.1, -0.05) is 18.6 Å². The molecule has 1 amide bonds. The molecule has 0 N–H and O–H groups in total. The maximum absolute atomic E-state index is 13.1. The fraction of sp³-hybridized carbons (Fsp3) is 0.375. The van der Waals surface area contributed by atoms with E-state index in [-0.39, 0.29) is 5.91 Å². The molecule has 6 heteroatoms. The van der Waals surface area contributed by atoms with E-state index in [9.17, 15) is 4.79 Å². The summed E-state index contributed by atoms with van der Waals surface area (Å²) in [5.41, 5.74) is 3.94. The molecule has 1 aliphatic carbocycles. The monoisotopic (exact) mass is 422 g/mol. The molecule has 5 nitrogen and oxygen atoms in total. The SMILES string of the molecule is COc1ccc(N2Cc3c(cc4cccsc3-4)C2=O)cc1OCCN1CCCCC1. The molecule has 0 aromatic heterocycles.